The van der Waals surface area contributed by atoms with E-state index in [9.17, 15) is 0 Å². The van der Waals surface area contributed by atoms with Crippen LogP contribution in [0.2, 0.25) is 0 Å². The van der Waals surface area contributed by atoms with Crippen LogP contribution < -0.4 is 9.47 Å². The minimum Gasteiger partial charge on any atom is -0.497 e. The zero-order chi connectivity index (χ0) is 12.8. The molecular formula is C15H13NO2. The Hall–Kier alpha value is -2.47. The Morgan fingerprint density at radius 2 is 1.72 bits per heavy atom. The third kappa shape index (κ3) is 2.80. The molecule has 1 unspecified atom stereocenters. The number of nitriles is 1. The van der Waals surface area contributed by atoms with Crippen LogP contribution in [0.4, 0.5) is 0 Å². The lowest BCUT2D eigenvalue weighted by molar-refractivity contribution is 0.261. The first-order valence-electron chi connectivity index (χ1n) is 5.59. The third-order valence-corrected chi connectivity index (χ3v) is 2.51. The fourth-order valence-electron chi connectivity index (χ4n) is 1.61. The molecule has 0 spiro atoms. The molecule has 0 heterocycles. The summed E-state index contributed by atoms with van der Waals surface area (Å²) >= 11 is 0. The fraction of sp³-hybridized carbons (Fsp3) is 0.133. The summed E-state index contributed by atoms with van der Waals surface area (Å²) in [5.41, 5.74) is 0.836. The van der Waals surface area contributed by atoms with Gasteiger partial charge in [0.1, 0.15) is 17.6 Å². The molecule has 0 saturated carbocycles. The normalized spacial score (nSPS) is 11.3. The molecule has 0 fully saturated rings. The second-order valence-corrected chi connectivity index (χ2v) is 3.72. The largest absolute Gasteiger partial charge is 0.497 e. The summed E-state index contributed by atoms with van der Waals surface area (Å²) in [4.78, 5) is 0. The van der Waals surface area contributed by atoms with Crippen molar-refractivity contribution >= 4 is 0 Å². The van der Waals surface area contributed by atoms with Gasteiger partial charge in [-0.05, 0) is 12.1 Å². The van der Waals surface area contributed by atoms with Crippen LogP contribution in [-0.2, 0) is 0 Å². The van der Waals surface area contributed by atoms with Crippen molar-refractivity contribution < 1.29 is 9.47 Å². The van der Waals surface area contributed by atoms with Crippen LogP contribution >= 0.6 is 0 Å². The Morgan fingerprint density at radius 3 is 2.39 bits per heavy atom. The highest BCUT2D eigenvalue weighted by molar-refractivity contribution is 5.34. The van der Waals surface area contributed by atoms with Crippen molar-refractivity contribution in [3.8, 4) is 17.6 Å². The predicted octanol–water partition coefficient (Wildman–Crippen LogP) is 3.34. The van der Waals surface area contributed by atoms with Gasteiger partial charge in [-0.2, -0.15) is 5.26 Å². The van der Waals surface area contributed by atoms with E-state index in [1.165, 1.54) is 0 Å². The van der Waals surface area contributed by atoms with E-state index in [4.69, 9.17) is 14.7 Å². The van der Waals surface area contributed by atoms with Crippen LogP contribution in [0.15, 0.2) is 54.6 Å². The van der Waals surface area contributed by atoms with Gasteiger partial charge in [0.05, 0.1) is 7.11 Å². The van der Waals surface area contributed by atoms with Gasteiger partial charge in [-0.15, -0.1) is 0 Å². The highest BCUT2D eigenvalue weighted by atomic mass is 16.5. The standard InChI is InChI=1S/C15H13NO2/c1-17-13-8-5-9-14(10-13)18-15(11-16)12-6-3-2-4-7-12/h2-10,15H,1H3. The van der Waals surface area contributed by atoms with Gasteiger partial charge in [-0.1, -0.05) is 36.4 Å². The number of benzene rings is 2. The first kappa shape index (κ1) is 12.0. The molecule has 0 radical (unpaired) electrons. The Morgan fingerprint density at radius 1 is 1.00 bits per heavy atom. The van der Waals surface area contributed by atoms with Gasteiger partial charge in [0, 0.05) is 11.6 Å². The topological polar surface area (TPSA) is 42.2 Å². The molecule has 2 aromatic rings. The summed E-state index contributed by atoms with van der Waals surface area (Å²) in [7, 11) is 1.60. The number of hydrogen-bond acceptors (Lipinski definition) is 3. The molecule has 0 aliphatic heterocycles. The van der Waals surface area contributed by atoms with E-state index in [0.29, 0.717) is 11.5 Å². The van der Waals surface area contributed by atoms with E-state index in [2.05, 4.69) is 6.07 Å². The quantitative estimate of drug-likeness (QED) is 0.821. The van der Waals surface area contributed by atoms with Crippen molar-refractivity contribution in [2.24, 2.45) is 0 Å². The third-order valence-electron chi connectivity index (χ3n) is 2.51. The highest BCUT2D eigenvalue weighted by Crippen LogP contribution is 2.24. The molecule has 0 saturated heterocycles. The number of hydrogen-bond donors (Lipinski definition) is 0. The summed E-state index contributed by atoms with van der Waals surface area (Å²) in [6, 6.07) is 18.8. The molecule has 3 nitrogen and oxygen atoms in total. The maximum Gasteiger partial charge on any atom is 0.209 e. The monoisotopic (exact) mass is 239 g/mol. The van der Waals surface area contributed by atoms with Crippen molar-refractivity contribution in [2.75, 3.05) is 7.11 Å². The summed E-state index contributed by atoms with van der Waals surface area (Å²) in [5, 5.41) is 9.16. The van der Waals surface area contributed by atoms with E-state index >= 15 is 0 Å². The Kier molecular flexibility index (Phi) is 3.83. The van der Waals surface area contributed by atoms with E-state index < -0.39 is 6.10 Å². The first-order chi connectivity index (χ1) is 8.83. The van der Waals surface area contributed by atoms with E-state index in [-0.39, 0.29) is 0 Å². The van der Waals surface area contributed by atoms with Gasteiger partial charge in [0.25, 0.3) is 0 Å². The van der Waals surface area contributed by atoms with Crippen molar-refractivity contribution in [3.05, 3.63) is 60.2 Å². The fourth-order valence-corrected chi connectivity index (χ4v) is 1.61. The molecule has 2 aromatic carbocycles. The minimum absolute atomic E-state index is 0.613. The maximum absolute atomic E-state index is 9.16. The van der Waals surface area contributed by atoms with Crippen LogP contribution in [-0.4, -0.2) is 7.11 Å². The molecular weight excluding hydrogens is 226 g/mol. The molecule has 1 atom stereocenters. The number of methoxy groups -OCH3 is 1. The van der Waals surface area contributed by atoms with Crippen LogP contribution in [0.3, 0.4) is 0 Å². The Bertz CT molecular complexity index is 546. The molecule has 18 heavy (non-hydrogen) atoms. The van der Waals surface area contributed by atoms with Crippen molar-refractivity contribution in [1.29, 1.82) is 5.26 Å². The van der Waals surface area contributed by atoms with Crippen LogP contribution in [0.5, 0.6) is 11.5 Å². The van der Waals surface area contributed by atoms with Crippen molar-refractivity contribution in [2.45, 2.75) is 6.10 Å². The van der Waals surface area contributed by atoms with E-state index in [1.807, 2.05) is 42.5 Å². The second-order valence-electron chi connectivity index (χ2n) is 3.72. The number of rotatable bonds is 4. The van der Waals surface area contributed by atoms with Gasteiger partial charge in [-0.25, -0.2) is 0 Å². The van der Waals surface area contributed by atoms with Crippen molar-refractivity contribution in [1.82, 2.24) is 0 Å². The van der Waals surface area contributed by atoms with Crippen LogP contribution in [0.25, 0.3) is 0 Å². The Balaban J connectivity index is 2.19. The summed E-state index contributed by atoms with van der Waals surface area (Å²) < 4.78 is 10.8. The second kappa shape index (κ2) is 5.74. The lowest BCUT2D eigenvalue weighted by Crippen LogP contribution is -2.04. The average molecular weight is 239 g/mol. The van der Waals surface area contributed by atoms with Crippen molar-refractivity contribution in [3.63, 3.8) is 0 Å². The van der Waals surface area contributed by atoms with Gasteiger partial charge in [0.2, 0.25) is 6.10 Å². The van der Waals surface area contributed by atoms with Crippen LogP contribution in [0.1, 0.15) is 11.7 Å². The van der Waals surface area contributed by atoms with Gasteiger partial charge < -0.3 is 9.47 Å². The van der Waals surface area contributed by atoms with Gasteiger partial charge in [-0.3, -0.25) is 0 Å². The lowest BCUT2D eigenvalue weighted by Gasteiger charge is -2.13. The zero-order valence-corrected chi connectivity index (χ0v) is 10.0. The summed E-state index contributed by atoms with van der Waals surface area (Å²) in [6.45, 7) is 0. The average Bonchev–Trinajstić information content (AvgIpc) is 2.46. The Labute approximate surface area is 106 Å². The van der Waals surface area contributed by atoms with E-state index in [1.54, 1.807) is 19.2 Å². The lowest BCUT2D eigenvalue weighted by atomic mass is 10.1. The molecule has 0 aromatic heterocycles. The molecule has 0 N–H and O–H groups in total. The smallest absolute Gasteiger partial charge is 0.209 e. The molecule has 2 rings (SSSR count). The number of ether oxygens (including phenoxy) is 2. The molecule has 0 aliphatic carbocycles. The minimum atomic E-state index is -0.613. The predicted molar refractivity (Wildman–Crippen MR) is 68.4 cm³/mol. The van der Waals surface area contributed by atoms with Gasteiger partial charge >= 0.3 is 0 Å². The van der Waals surface area contributed by atoms with Crippen LogP contribution in [0, 0.1) is 11.3 Å². The molecule has 0 bridgehead atoms. The highest BCUT2D eigenvalue weighted by Gasteiger charge is 2.11. The molecule has 90 valence electrons. The zero-order valence-electron chi connectivity index (χ0n) is 10.0. The summed E-state index contributed by atoms with van der Waals surface area (Å²) in [6.07, 6.45) is -0.613. The first-order valence-corrected chi connectivity index (χ1v) is 5.59. The van der Waals surface area contributed by atoms with Gasteiger partial charge in [0.15, 0.2) is 0 Å². The SMILES string of the molecule is COc1cccc(OC(C#N)c2ccccc2)c1. The number of nitrogens with zero attached hydrogens (tertiary/aromatic N) is 1. The molecule has 0 aliphatic rings. The molecule has 0 amide bonds. The summed E-state index contributed by atoms with van der Waals surface area (Å²) in [5.74, 6) is 1.32. The maximum atomic E-state index is 9.16. The molecule has 3 heteroatoms. The van der Waals surface area contributed by atoms with E-state index in [0.717, 1.165) is 5.56 Å².